The highest BCUT2D eigenvalue weighted by molar-refractivity contribution is 9.10. The first-order valence-corrected chi connectivity index (χ1v) is 6.39. The monoisotopic (exact) mass is 282 g/mol. The summed E-state index contributed by atoms with van der Waals surface area (Å²) in [6.07, 6.45) is 6.76. The van der Waals surface area contributed by atoms with Crippen LogP contribution < -0.4 is 0 Å². The summed E-state index contributed by atoms with van der Waals surface area (Å²) < 4.78 is 0.850. The van der Waals surface area contributed by atoms with Gasteiger partial charge in [0.05, 0.1) is 5.56 Å². The quantitative estimate of drug-likeness (QED) is 0.794. The normalized spacial score (nSPS) is 20.9. The topological polar surface area (TPSA) is 33.2 Å². The third-order valence-corrected chi connectivity index (χ3v) is 3.45. The molecular formula is C12H15BrN2O. The van der Waals surface area contributed by atoms with Gasteiger partial charge in [-0.15, -0.1) is 0 Å². The van der Waals surface area contributed by atoms with Crippen LogP contribution in [0.2, 0.25) is 0 Å². The van der Waals surface area contributed by atoms with Gasteiger partial charge in [0.15, 0.2) is 0 Å². The predicted octanol–water partition coefficient (Wildman–Crippen LogP) is 2.86. The van der Waals surface area contributed by atoms with E-state index in [-0.39, 0.29) is 5.91 Å². The predicted molar refractivity (Wildman–Crippen MR) is 66.3 cm³/mol. The van der Waals surface area contributed by atoms with Gasteiger partial charge in [-0.2, -0.15) is 0 Å². The average Bonchev–Trinajstić information content (AvgIpc) is 2.29. The lowest BCUT2D eigenvalue weighted by Crippen LogP contribution is -2.42. The summed E-state index contributed by atoms with van der Waals surface area (Å²) >= 11 is 3.34. The van der Waals surface area contributed by atoms with Crippen LogP contribution in [0, 0.1) is 0 Å². The molecule has 1 aromatic heterocycles. The van der Waals surface area contributed by atoms with Crippen LogP contribution in [0.3, 0.4) is 0 Å². The standard InChI is InChI=1S/C12H15BrN2O/c1-9-4-2-3-5-15(9)12(16)10-6-11(13)8-14-7-10/h6-9H,2-5H2,1H3. The number of rotatable bonds is 1. The second kappa shape index (κ2) is 4.95. The minimum atomic E-state index is 0.0981. The van der Waals surface area contributed by atoms with Gasteiger partial charge in [0.25, 0.3) is 5.91 Å². The van der Waals surface area contributed by atoms with Gasteiger partial charge in [-0.3, -0.25) is 9.78 Å². The Labute approximate surface area is 104 Å². The number of carbonyl (C=O) groups is 1. The molecule has 1 aliphatic rings. The summed E-state index contributed by atoms with van der Waals surface area (Å²) in [5.41, 5.74) is 0.670. The smallest absolute Gasteiger partial charge is 0.255 e. The number of hydrogen-bond acceptors (Lipinski definition) is 2. The van der Waals surface area contributed by atoms with Crippen molar-refractivity contribution >= 4 is 21.8 Å². The fraction of sp³-hybridized carbons (Fsp3) is 0.500. The third-order valence-electron chi connectivity index (χ3n) is 3.02. The largest absolute Gasteiger partial charge is 0.336 e. The number of aromatic nitrogens is 1. The molecule has 0 N–H and O–H groups in total. The van der Waals surface area contributed by atoms with Gasteiger partial charge < -0.3 is 4.90 Å². The molecule has 0 aromatic carbocycles. The molecule has 1 unspecified atom stereocenters. The van der Waals surface area contributed by atoms with Crippen LogP contribution in [0.4, 0.5) is 0 Å². The van der Waals surface area contributed by atoms with E-state index in [1.807, 2.05) is 11.0 Å². The number of nitrogens with zero attached hydrogens (tertiary/aromatic N) is 2. The minimum absolute atomic E-state index is 0.0981. The van der Waals surface area contributed by atoms with Crippen molar-refractivity contribution in [2.24, 2.45) is 0 Å². The minimum Gasteiger partial charge on any atom is -0.336 e. The molecule has 2 heterocycles. The molecule has 16 heavy (non-hydrogen) atoms. The molecular weight excluding hydrogens is 268 g/mol. The summed E-state index contributed by atoms with van der Waals surface area (Å²) in [6.45, 7) is 2.98. The van der Waals surface area contributed by atoms with E-state index in [0.717, 1.165) is 23.9 Å². The zero-order valence-electron chi connectivity index (χ0n) is 9.32. The fourth-order valence-electron chi connectivity index (χ4n) is 2.09. The van der Waals surface area contributed by atoms with E-state index in [1.54, 1.807) is 12.4 Å². The summed E-state index contributed by atoms with van der Waals surface area (Å²) in [5, 5.41) is 0. The highest BCUT2D eigenvalue weighted by Crippen LogP contribution is 2.20. The Morgan fingerprint density at radius 3 is 3.00 bits per heavy atom. The van der Waals surface area contributed by atoms with Crippen molar-refractivity contribution in [3.8, 4) is 0 Å². The Bertz CT molecular complexity index is 394. The van der Waals surface area contributed by atoms with Crippen LogP contribution in [-0.4, -0.2) is 28.4 Å². The van der Waals surface area contributed by atoms with E-state index in [2.05, 4.69) is 27.8 Å². The molecule has 2 rings (SSSR count). The number of piperidine rings is 1. The van der Waals surface area contributed by atoms with Gasteiger partial charge in [0, 0.05) is 29.5 Å². The summed E-state index contributed by atoms with van der Waals surface area (Å²) in [5.74, 6) is 0.0981. The molecule has 1 amide bonds. The fourth-order valence-corrected chi connectivity index (χ4v) is 2.46. The van der Waals surface area contributed by atoms with Gasteiger partial charge in [-0.05, 0) is 48.2 Å². The summed E-state index contributed by atoms with van der Waals surface area (Å²) in [6, 6.07) is 2.18. The molecule has 1 aliphatic heterocycles. The van der Waals surface area contributed by atoms with E-state index >= 15 is 0 Å². The Kier molecular flexibility index (Phi) is 3.59. The summed E-state index contributed by atoms with van der Waals surface area (Å²) in [4.78, 5) is 18.2. The Hall–Kier alpha value is -0.900. The average molecular weight is 283 g/mol. The summed E-state index contributed by atoms with van der Waals surface area (Å²) in [7, 11) is 0. The van der Waals surface area contributed by atoms with Crippen molar-refractivity contribution in [1.82, 2.24) is 9.88 Å². The molecule has 0 radical (unpaired) electrons. The van der Waals surface area contributed by atoms with E-state index in [0.29, 0.717) is 11.6 Å². The van der Waals surface area contributed by atoms with Crippen LogP contribution in [0.1, 0.15) is 36.5 Å². The molecule has 0 saturated carbocycles. The van der Waals surface area contributed by atoms with E-state index in [4.69, 9.17) is 0 Å². The van der Waals surface area contributed by atoms with Crippen molar-refractivity contribution in [2.75, 3.05) is 6.54 Å². The van der Waals surface area contributed by atoms with Crippen LogP contribution >= 0.6 is 15.9 Å². The first-order valence-electron chi connectivity index (χ1n) is 5.60. The first-order chi connectivity index (χ1) is 7.68. The van der Waals surface area contributed by atoms with Crippen molar-refractivity contribution in [3.63, 3.8) is 0 Å². The number of amides is 1. The Balaban J connectivity index is 2.17. The molecule has 0 spiro atoms. The van der Waals surface area contributed by atoms with Crippen LogP contribution in [0.15, 0.2) is 22.9 Å². The SMILES string of the molecule is CC1CCCCN1C(=O)c1cncc(Br)c1. The number of carbonyl (C=O) groups excluding carboxylic acids is 1. The van der Waals surface area contributed by atoms with Crippen molar-refractivity contribution in [2.45, 2.75) is 32.2 Å². The molecule has 3 nitrogen and oxygen atoms in total. The third kappa shape index (κ3) is 2.43. The highest BCUT2D eigenvalue weighted by Gasteiger charge is 2.24. The maximum absolute atomic E-state index is 12.2. The number of hydrogen-bond donors (Lipinski definition) is 0. The van der Waals surface area contributed by atoms with Crippen molar-refractivity contribution in [3.05, 3.63) is 28.5 Å². The maximum Gasteiger partial charge on any atom is 0.255 e. The molecule has 1 fully saturated rings. The number of pyridine rings is 1. The van der Waals surface area contributed by atoms with E-state index in [9.17, 15) is 4.79 Å². The number of halogens is 1. The first kappa shape index (κ1) is 11.6. The van der Waals surface area contributed by atoms with Gasteiger partial charge in [0.2, 0.25) is 0 Å². The molecule has 1 atom stereocenters. The van der Waals surface area contributed by atoms with Gasteiger partial charge in [-0.1, -0.05) is 0 Å². The molecule has 0 aliphatic carbocycles. The lowest BCUT2D eigenvalue weighted by Gasteiger charge is -2.33. The van der Waals surface area contributed by atoms with Gasteiger partial charge in [0.1, 0.15) is 0 Å². The lowest BCUT2D eigenvalue weighted by atomic mass is 10.0. The second-order valence-corrected chi connectivity index (χ2v) is 5.15. The van der Waals surface area contributed by atoms with Crippen molar-refractivity contribution < 1.29 is 4.79 Å². The zero-order chi connectivity index (χ0) is 11.5. The van der Waals surface area contributed by atoms with E-state index < -0.39 is 0 Å². The Morgan fingerprint density at radius 1 is 1.50 bits per heavy atom. The van der Waals surface area contributed by atoms with Gasteiger partial charge >= 0.3 is 0 Å². The van der Waals surface area contributed by atoms with Crippen LogP contribution in [-0.2, 0) is 0 Å². The second-order valence-electron chi connectivity index (χ2n) is 4.24. The molecule has 4 heteroatoms. The van der Waals surface area contributed by atoms with Crippen LogP contribution in [0.5, 0.6) is 0 Å². The molecule has 86 valence electrons. The van der Waals surface area contributed by atoms with E-state index in [1.165, 1.54) is 6.42 Å². The zero-order valence-corrected chi connectivity index (χ0v) is 10.9. The van der Waals surface area contributed by atoms with Gasteiger partial charge in [-0.25, -0.2) is 0 Å². The molecule has 1 saturated heterocycles. The lowest BCUT2D eigenvalue weighted by molar-refractivity contribution is 0.0635. The maximum atomic E-state index is 12.2. The van der Waals surface area contributed by atoms with Crippen LogP contribution in [0.25, 0.3) is 0 Å². The van der Waals surface area contributed by atoms with Crippen molar-refractivity contribution in [1.29, 1.82) is 0 Å². The molecule has 1 aromatic rings. The Morgan fingerprint density at radius 2 is 2.31 bits per heavy atom. The highest BCUT2D eigenvalue weighted by atomic mass is 79.9. The number of likely N-dealkylation sites (tertiary alicyclic amines) is 1. The molecule has 0 bridgehead atoms.